The molecule has 0 aliphatic rings. The molecule has 0 aliphatic heterocycles. The standard InChI is InChI=1S/C17H32ClN5O.HI/c1-6-19-17(20-8-7-9-21(2)10-11-24-5)23(4)14-16-12-15(18)13-22(16)3;/h12-13H,6-11,14H2,1-5H3,(H,19,20);1H. The first-order valence-corrected chi connectivity index (χ1v) is 8.83. The number of halogens is 2. The highest BCUT2D eigenvalue weighted by Crippen LogP contribution is 2.14. The van der Waals surface area contributed by atoms with Crippen molar-refractivity contribution in [2.24, 2.45) is 12.0 Å². The Morgan fingerprint density at radius 1 is 1.36 bits per heavy atom. The van der Waals surface area contributed by atoms with Crippen LogP contribution in [0.2, 0.25) is 5.02 Å². The van der Waals surface area contributed by atoms with Gasteiger partial charge in [-0.2, -0.15) is 0 Å². The van der Waals surface area contributed by atoms with Crippen molar-refractivity contribution in [1.29, 1.82) is 0 Å². The van der Waals surface area contributed by atoms with E-state index in [1.165, 1.54) is 0 Å². The van der Waals surface area contributed by atoms with E-state index in [9.17, 15) is 0 Å². The molecular weight excluding hydrogens is 453 g/mol. The lowest BCUT2D eigenvalue weighted by Gasteiger charge is -2.22. The van der Waals surface area contributed by atoms with Crippen LogP contribution < -0.4 is 5.32 Å². The van der Waals surface area contributed by atoms with Crippen LogP contribution in [-0.4, -0.2) is 74.3 Å². The Morgan fingerprint density at radius 2 is 2.08 bits per heavy atom. The number of nitrogens with zero attached hydrogens (tertiary/aromatic N) is 4. The molecule has 0 unspecified atom stereocenters. The lowest BCUT2D eigenvalue weighted by molar-refractivity contribution is 0.161. The molecule has 25 heavy (non-hydrogen) atoms. The van der Waals surface area contributed by atoms with Gasteiger partial charge in [-0.15, -0.1) is 24.0 Å². The van der Waals surface area contributed by atoms with Crippen molar-refractivity contribution in [1.82, 2.24) is 19.7 Å². The summed E-state index contributed by atoms with van der Waals surface area (Å²) >= 11 is 6.06. The molecule has 8 heteroatoms. The van der Waals surface area contributed by atoms with Crippen molar-refractivity contribution in [3.8, 4) is 0 Å². The molecule has 6 nitrogen and oxygen atoms in total. The summed E-state index contributed by atoms with van der Waals surface area (Å²) in [6, 6.07) is 1.99. The van der Waals surface area contributed by atoms with E-state index in [0.717, 1.165) is 62.4 Å². The predicted molar refractivity (Wildman–Crippen MR) is 117 cm³/mol. The normalized spacial score (nSPS) is 11.6. The molecule has 1 rings (SSSR count). The van der Waals surface area contributed by atoms with Crippen LogP contribution in [0.3, 0.4) is 0 Å². The fourth-order valence-electron chi connectivity index (χ4n) is 2.40. The van der Waals surface area contributed by atoms with Crippen LogP contribution in [-0.2, 0) is 18.3 Å². The number of ether oxygens (including phenoxy) is 1. The minimum Gasteiger partial charge on any atom is -0.383 e. The van der Waals surface area contributed by atoms with Gasteiger partial charge in [0.15, 0.2) is 5.96 Å². The third kappa shape index (κ3) is 9.67. The summed E-state index contributed by atoms with van der Waals surface area (Å²) in [4.78, 5) is 9.12. The lowest BCUT2D eigenvalue weighted by Crippen LogP contribution is -2.39. The Balaban J connectivity index is 0.00000576. The quantitative estimate of drug-likeness (QED) is 0.240. The SMILES string of the molecule is CCNC(=NCCCN(C)CCOC)N(C)Cc1cc(Cl)cn1C.I. The Kier molecular flexibility index (Phi) is 13.4. The Labute approximate surface area is 174 Å². The van der Waals surface area contributed by atoms with Crippen LogP contribution in [0.5, 0.6) is 0 Å². The van der Waals surface area contributed by atoms with E-state index < -0.39 is 0 Å². The smallest absolute Gasteiger partial charge is 0.194 e. The van der Waals surface area contributed by atoms with Gasteiger partial charge in [0.1, 0.15) is 0 Å². The molecule has 1 heterocycles. The third-order valence-corrected chi connectivity index (χ3v) is 4.01. The molecule has 0 amide bonds. The second kappa shape index (κ2) is 13.7. The molecule has 0 saturated heterocycles. The third-order valence-electron chi connectivity index (χ3n) is 3.81. The summed E-state index contributed by atoms with van der Waals surface area (Å²) in [6.07, 6.45) is 2.95. The topological polar surface area (TPSA) is 45.0 Å². The van der Waals surface area contributed by atoms with Crippen LogP contribution in [0, 0.1) is 0 Å². The molecule has 0 bridgehead atoms. The maximum atomic E-state index is 6.06. The Hall–Kier alpha value is -0.510. The van der Waals surface area contributed by atoms with Crippen LogP contribution in [0.15, 0.2) is 17.3 Å². The number of aryl methyl sites for hydroxylation is 1. The predicted octanol–water partition coefficient (Wildman–Crippen LogP) is 2.66. The molecule has 146 valence electrons. The van der Waals surface area contributed by atoms with Gasteiger partial charge in [-0.1, -0.05) is 11.6 Å². The van der Waals surface area contributed by atoms with E-state index in [4.69, 9.17) is 21.3 Å². The fraction of sp³-hybridized carbons (Fsp3) is 0.706. The summed E-state index contributed by atoms with van der Waals surface area (Å²) in [7, 11) is 7.90. The average molecular weight is 486 g/mol. The lowest BCUT2D eigenvalue weighted by atomic mass is 10.4. The maximum absolute atomic E-state index is 6.06. The molecule has 0 radical (unpaired) electrons. The highest BCUT2D eigenvalue weighted by atomic mass is 127. The number of hydrogen-bond acceptors (Lipinski definition) is 3. The minimum absolute atomic E-state index is 0. The fourth-order valence-corrected chi connectivity index (χ4v) is 2.67. The van der Waals surface area contributed by atoms with Crippen molar-refractivity contribution < 1.29 is 4.74 Å². The second-order valence-electron chi connectivity index (χ2n) is 6.00. The van der Waals surface area contributed by atoms with Crippen LogP contribution in [0.4, 0.5) is 0 Å². The van der Waals surface area contributed by atoms with Crippen molar-refractivity contribution in [2.75, 3.05) is 54.0 Å². The molecular formula is C17H33ClIN5O. The number of methoxy groups -OCH3 is 1. The van der Waals surface area contributed by atoms with Gasteiger partial charge in [0.05, 0.1) is 18.2 Å². The average Bonchev–Trinajstić information content (AvgIpc) is 2.85. The van der Waals surface area contributed by atoms with Crippen LogP contribution in [0.1, 0.15) is 19.0 Å². The molecule has 0 aromatic carbocycles. The number of hydrogen-bond donors (Lipinski definition) is 1. The highest BCUT2D eigenvalue weighted by Gasteiger charge is 2.09. The van der Waals surface area contributed by atoms with Crippen LogP contribution >= 0.6 is 35.6 Å². The highest BCUT2D eigenvalue weighted by molar-refractivity contribution is 14.0. The summed E-state index contributed by atoms with van der Waals surface area (Å²) in [5, 5.41) is 4.12. The monoisotopic (exact) mass is 485 g/mol. The van der Waals surface area contributed by atoms with E-state index in [2.05, 4.69) is 29.1 Å². The van der Waals surface area contributed by atoms with Gasteiger partial charge in [0, 0.05) is 52.7 Å². The van der Waals surface area contributed by atoms with Gasteiger partial charge in [-0.3, -0.25) is 4.99 Å². The zero-order valence-electron chi connectivity index (χ0n) is 16.1. The van der Waals surface area contributed by atoms with Gasteiger partial charge < -0.3 is 24.4 Å². The van der Waals surface area contributed by atoms with Gasteiger partial charge in [0.2, 0.25) is 0 Å². The Bertz CT molecular complexity index is 509. The molecule has 0 spiro atoms. The zero-order valence-corrected chi connectivity index (χ0v) is 19.2. The molecule has 1 aromatic rings. The first-order chi connectivity index (χ1) is 11.5. The number of nitrogens with one attached hydrogen (secondary N) is 1. The summed E-state index contributed by atoms with van der Waals surface area (Å²) in [5.41, 5.74) is 1.16. The van der Waals surface area contributed by atoms with Crippen molar-refractivity contribution >= 4 is 41.5 Å². The first-order valence-electron chi connectivity index (χ1n) is 8.45. The molecule has 0 saturated carbocycles. The number of guanidine groups is 1. The van der Waals surface area contributed by atoms with Crippen molar-refractivity contribution in [3.63, 3.8) is 0 Å². The molecule has 1 N–H and O–H groups in total. The van der Waals surface area contributed by atoms with E-state index in [1.54, 1.807) is 7.11 Å². The first kappa shape index (κ1) is 24.5. The van der Waals surface area contributed by atoms with E-state index >= 15 is 0 Å². The van der Waals surface area contributed by atoms with E-state index in [0.29, 0.717) is 0 Å². The molecule has 0 fully saturated rings. The molecule has 0 aliphatic carbocycles. The van der Waals surface area contributed by atoms with Gasteiger partial charge >= 0.3 is 0 Å². The number of rotatable bonds is 10. The molecule has 1 aromatic heterocycles. The van der Waals surface area contributed by atoms with E-state index in [1.807, 2.05) is 30.9 Å². The summed E-state index contributed by atoms with van der Waals surface area (Å²) in [6.45, 7) is 7.25. The Morgan fingerprint density at radius 3 is 2.64 bits per heavy atom. The second-order valence-corrected chi connectivity index (χ2v) is 6.44. The number of aliphatic imine (C=N–C) groups is 1. The number of likely N-dealkylation sites (N-methyl/N-ethyl adjacent to an activating group) is 1. The van der Waals surface area contributed by atoms with Gasteiger partial charge in [-0.25, -0.2) is 0 Å². The summed E-state index contributed by atoms with van der Waals surface area (Å²) < 4.78 is 7.14. The van der Waals surface area contributed by atoms with Gasteiger partial charge in [-0.05, 0) is 33.0 Å². The van der Waals surface area contributed by atoms with E-state index in [-0.39, 0.29) is 24.0 Å². The molecule has 0 atom stereocenters. The van der Waals surface area contributed by atoms with Crippen molar-refractivity contribution in [3.05, 3.63) is 23.0 Å². The summed E-state index contributed by atoms with van der Waals surface area (Å²) in [5.74, 6) is 0.925. The minimum atomic E-state index is 0. The van der Waals surface area contributed by atoms with Crippen molar-refractivity contribution in [2.45, 2.75) is 19.9 Å². The largest absolute Gasteiger partial charge is 0.383 e. The van der Waals surface area contributed by atoms with Gasteiger partial charge in [0.25, 0.3) is 0 Å². The number of aromatic nitrogens is 1. The van der Waals surface area contributed by atoms with Crippen LogP contribution in [0.25, 0.3) is 0 Å². The zero-order chi connectivity index (χ0) is 17.9. The maximum Gasteiger partial charge on any atom is 0.194 e.